The summed E-state index contributed by atoms with van der Waals surface area (Å²) in [4.78, 5) is 23.0. The van der Waals surface area contributed by atoms with E-state index in [-0.39, 0.29) is 17.8 Å². The van der Waals surface area contributed by atoms with E-state index in [2.05, 4.69) is 5.32 Å². The monoisotopic (exact) mass is 374 g/mol. The molecule has 3 aromatic rings. The molecule has 7 nitrogen and oxygen atoms in total. The number of fused-ring (bicyclic) bond motifs is 1. The lowest BCUT2D eigenvalue weighted by Crippen LogP contribution is -2.15. The molecule has 0 bridgehead atoms. The molecule has 1 aromatic heterocycles. The number of hydrogen-bond acceptors (Lipinski definition) is 5. The molecular formula is C18H15ClN2O5. The first kappa shape index (κ1) is 17.8. The number of anilines is 1. The third-order valence-electron chi connectivity index (χ3n) is 3.72. The predicted octanol–water partition coefficient (Wildman–Crippen LogP) is 4.57. The summed E-state index contributed by atoms with van der Waals surface area (Å²) in [6, 6.07) is 9.43. The van der Waals surface area contributed by atoms with Crippen molar-refractivity contribution < 1.29 is 18.9 Å². The summed E-state index contributed by atoms with van der Waals surface area (Å²) in [6.07, 6.45) is 1.48. The van der Waals surface area contributed by atoms with Gasteiger partial charge in [-0.15, -0.1) is 0 Å². The van der Waals surface area contributed by atoms with Gasteiger partial charge in [-0.3, -0.25) is 14.9 Å². The lowest BCUT2D eigenvalue weighted by atomic mass is 10.1. The van der Waals surface area contributed by atoms with Crippen LogP contribution in [-0.2, 0) is 11.2 Å². The van der Waals surface area contributed by atoms with Crippen molar-refractivity contribution in [1.29, 1.82) is 0 Å². The van der Waals surface area contributed by atoms with Gasteiger partial charge in [0.1, 0.15) is 17.0 Å². The van der Waals surface area contributed by atoms with Gasteiger partial charge < -0.3 is 14.5 Å². The second-order valence-electron chi connectivity index (χ2n) is 5.50. The van der Waals surface area contributed by atoms with E-state index in [1.807, 2.05) is 0 Å². The number of carbonyl (C=O) groups is 1. The third-order valence-corrected chi connectivity index (χ3v) is 3.95. The van der Waals surface area contributed by atoms with Crippen LogP contribution in [0.2, 0.25) is 5.02 Å². The quantitative estimate of drug-likeness (QED) is 0.503. The molecule has 0 unspecified atom stereocenters. The average Bonchev–Trinajstić information content (AvgIpc) is 2.98. The van der Waals surface area contributed by atoms with Crippen LogP contribution in [0.1, 0.15) is 12.5 Å². The van der Waals surface area contributed by atoms with E-state index >= 15 is 0 Å². The Morgan fingerprint density at radius 2 is 2.12 bits per heavy atom. The minimum atomic E-state index is -0.564. The Bertz CT molecular complexity index is 983. The SMILES string of the molecule is CCOc1ccc(NC(=O)Cc2coc3ccc(Cl)cc23)c([N+](=O)[O-])c1. The summed E-state index contributed by atoms with van der Waals surface area (Å²) in [6.45, 7) is 2.17. The van der Waals surface area contributed by atoms with Gasteiger partial charge in [0.15, 0.2) is 0 Å². The van der Waals surface area contributed by atoms with Gasteiger partial charge in [0.2, 0.25) is 5.91 Å². The normalized spacial score (nSPS) is 10.7. The Morgan fingerprint density at radius 3 is 2.85 bits per heavy atom. The number of halogens is 1. The topological polar surface area (TPSA) is 94.6 Å². The Labute approximate surface area is 153 Å². The predicted molar refractivity (Wildman–Crippen MR) is 97.8 cm³/mol. The molecule has 0 aliphatic rings. The van der Waals surface area contributed by atoms with Crippen LogP contribution in [0.25, 0.3) is 11.0 Å². The van der Waals surface area contributed by atoms with Crippen molar-refractivity contribution in [3.63, 3.8) is 0 Å². The van der Waals surface area contributed by atoms with Crippen LogP contribution in [-0.4, -0.2) is 17.4 Å². The number of rotatable bonds is 6. The van der Waals surface area contributed by atoms with Gasteiger partial charge in [0.05, 0.1) is 30.3 Å². The van der Waals surface area contributed by atoms with E-state index in [1.165, 1.54) is 18.4 Å². The number of nitro benzene ring substituents is 1. The third kappa shape index (κ3) is 3.78. The number of nitrogens with one attached hydrogen (secondary N) is 1. The number of ether oxygens (including phenoxy) is 1. The van der Waals surface area contributed by atoms with Crippen molar-refractivity contribution in [1.82, 2.24) is 0 Å². The molecule has 1 amide bonds. The molecule has 0 aliphatic carbocycles. The molecule has 8 heteroatoms. The highest BCUT2D eigenvalue weighted by atomic mass is 35.5. The summed E-state index contributed by atoms with van der Waals surface area (Å²) < 4.78 is 10.7. The standard InChI is InChI=1S/C18H15ClN2O5/c1-2-25-13-4-5-15(16(9-13)21(23)24)20-18(22)7-11-10-26-17-6-3-12(19)8-14(11)17/h3-6,8-10H,2,7H2,1H3,(H,20,22). The first-order chi connectivity index (χ1) is 12.5. The van der Waals surface area contributed by atoms with Crippen LogP contribution in [0.5, 0.6) is 5.75 Å². The minimum Gasteiger partial charge on any atom is -0.494 e. The van der Waals surface area contributed by atoms with E-state index in [0.29, 0.717) is 28.5 Å². The second-order valence-corrected chi connectivity index (χ2v) is 5.93. The molecule has 3 rings (SSSR count). The van der Waals surface area contributed by atoms with Gasteiger partial charge in [-0.1, -0.05) is 11.6 Å². The largest absolute Gasteiger partial charge is 0.494 e. The number of nitro groups is 1. The van der Waals surface area contributed by atoms with E-state index in [1.54, 1.807) is 31.2 Å². The summed E-state index contributed by atoms with van der Waals surface area (Å²) in [5, 5.41) is 15.1. The Hall–Kier alpha value is -3.06. The zero-order valence-electron chi connectivity index (χ0n) is 13.8. The first-order valence-corrected chi connectivity index (χ1v) is 8.22. The Morgan fingerprint density at radius 1 is 1.31 bits per heavy atom. The molecular weight excluding hydrogens is 360 g/mol. The molecule has 0 atom stereocenters. The van der Waals surface area contributed by atoms with Crippen LogP contribution < -0.4 is 10.1 Å². The molecule has 0 saturated carbocycles. The van der Waals surface area contributed by atoms with Crippen LogP contribution in [0.15, 0.2) is 47.1 Å². The molecule has 0 saturated heterocycles. The molecule has 1 heterocycles. The van der Waals surface area contributed by atoms with E-state index in [9.17, 15) is 14.9 Å². The number of hydrogen-bond donors (Lipinski definition) is 1. The van der Waals surface area contributed by atoms with Crippen molar-refractivity contribution in [2.45, 2.75) is 13.3 Å². The molecule has 0 radical (unpaired) electrons. The van der Waals surface area contributed by atoms with E-state index in [0.717, 1.165) is 5.39 Å². The molecule has 134 valence electrons. The smallest absolute Gasteiger partial charge is 0.296 e. The van der Waals surface area contributed by atoms with Gasteiger partial charge in [-0.05, 0) is 37.3 Å². The van der Waals surface area contributed by atoms with Crippen molar-refractivity contribution in [3.05, 3.63) is 63.4 Å². The van der Waals surface area contributed by atoms with E-state index < -0.39 is 10.8 Å². The fourth-order valence-electron chi connectivity index (χ4n) is 2.58. The van der Waals surface area contributed by atoms with Gasteiger partial charge in [-0.2, -0.15) is 0 Å². The molecule has 0 fully saturated rings. The van der Waals surface area contributed by atoms with Gasteiger partial charge >= 0.3 is 0 Å². The fraction of sp³-hybridized carbons (Fsp3) is 0.167. The molecule has 0 spiro atoms. The maximum atomic E-state index is 12.4. The van der Waals surface area contributed by atoms with Gasteiger partial charge in [-0.25, -0.2) is 0 Å². The second kappa shape index (κ2) is 7.45. The Balaban J connectivity index is 1.81. The lowest BCUT2D eigenvalue weighted by molar-refractivity contribution is -0.384. The van der Waals surface area contributed by atoms with Crippen molar-refractivity contribution in [3.8, 4) is 5.75 Å². The average molecular weight is 375 g/mol. The van der Waals surface area contributed by atoms with Gasteiger partial charge in [0, 0.05) is 16.0 Å². The number of amides is 1. The molecule has 2 aromatic carbocycles. The highest BCUT2D eigenvalue weighted by molar-refractivity contribution is 6.31. The fourth-order valence-corrected chi connectivity index (χ4v) is 2.76. The van der Waals surface area contributed by atoms with Crippen LogP contribution in [0.3, 0.4) is 0 Å². The highest BCUT2D eigenvalue weighted by Gasteiger charge is 2.18. The zero-order valence-corrected chi connectivity index (χ0v) is 14.6. The summed E-state index contributed by atoms with van der Waals surface area (Å²) in [7, 11) is 0. The number of benzene rings is 2. The van der Waals surface area contributed by atoms with Gasteiger partial charge in [0.25, 0.3) is 5.69 Å². The first-order valence-electron chi connectivity index (χ1n) is 7.84. The molecule has 1 N–H and O–H groups in total. The zero-order chi connectivity index (χ0) is 18.7. The van der Waals surface area contributed by atoms with Crippen LogP contribution >= 0.6 is 11.6 Å². The maximum absolute atomic E-state index is 12.4. The summed E-state index contributed by atoms with van der Waals surface area (Å²) >= 11 is 5.98. The minimum absolute atomic E-state index is 0.00227. The van der Waals surface area contributed by atoms with E-state index in [4.69, 9.17) is 20.8 Å². The summed E-state index contributed by atoms with van der Waals surface area (Å²) in [5.41, 5.74) is 1.14. The lowest BCUT2D eigenvalue weighted by Gasteiger charge is -2.08. The van der Waals surface area contributed by atoms with Crippen molar-refractivity contribution in [2.24, 2.45) is 0 Å². The number of carbonyl (C=O) groups excluding carboxylic acids is 1. The molecule has 26 heavy (non-hydrogen) atoms. The van der Waals surface area contributed by atoms with Crippen LogP contribution in [0, 0.1) is 10.1 Å². The van der Waals surface area contributed by atoms with Crippen molar-refractivity contribution in [2.75, 3.05) is 11.9 Å². The van der Waals surface area contributed by atoms with Crippen molar-refractivity contribution >= 4 is 39.9 Å². The van der Waals surface area contributed by atoms with Crippen LogP contribution in [0.4, 0.5) is 11.4 Å². The maximum Gasteiger partial charge on any atom is 0.296 e. The molecule has 0 aliphatic heterocycles. The number of furan rings is 1. The Kier molecular flexibility index (Phi) is 5.09. The number of nitrogens with zero attached hydrogens (tertiary/aromatic N) is 1. The highest BCUT2D eigenvalue weighted by Crippen LogP contribution is 2.30. The summed E-state index contributed by atoms with van der Waals surface area (Å²) in [5.74, 6) is -0.0346.